The van der Waals surface area contributed by atoms with Crippen LogP contribution in [0.2, 0.25) is 0 Å². The van der Waals surface area contributed by atoms with Crippen molar-refractivity contribution in [1.82, 2.24) is 10.6 Å². The molecule has 0 atom stereocenters. The molecule has 0 saturated heterocycles. The normalized spacial score (nSPS) is 19.2. The van der Waals surface area contributed by atoms with Gasteiger partial charge in [0, 0.05) is 11.3 Å². The van der Waals surface area contributed by atoms with Crippen LogP contribution in [-0.2, 0) is 4.79 Å². The van der Waals surface area contributed by atoms with Crippen LogP contribution in [0.15, 0.2) is 0 Å². The number of hydrogen-bond donors (Lipinski definition) is 2. The second kappa shape index (κ2) is 7.38. The lowest BCUT2D eigenvalue weighted by Crippen LogP contribution is -2.45. The summed E-state index contributed by atoms with van der Waals surface area (Å²) in [5.41, 5.74) is 0. The fourth-order valence-electron chi connectivity index (χ4n) is 2.29. The molecule has 2 N–H and O–H groups in total. The quantitative estimate of drug-likeness (QED) is 0.791. The molecule has 0 heterocycles. The van der Waals surface area contributed by atoms with E-state index in [4.69, 9.17) is 0 Å². The Morgan fingerprint density at radius 2 is 1.89 bits per heavy atom. The minimum atomic E-state index is -4.27. The van der Waals surface area contributed by atoms with E-state index in [1.54, 1.807) is 11.8 Å². The van der Waals surface area contributed by atoms with E-state index in [0.717, 1.165) is 25.7 Å². The van der Waals surface area contributed by atoms with E-state index in [-0.39, 0.29) is 17.2 Å². The van der Waals surface area contributed by atoms with Crippen molar-refractivity contribution in [3.8, 4) is 0 Å². The van der Waals surface area contributed by atoms with E-state index in [1.165, 1.54) is 6.42 Å². The number of halogens is 3. The minimum absolute atomic E-state index is 0.0674. The minimum Gasteiger partial charge on any atom is -0.354 e. The molecule has 112 valence electrons. The van der Waals surface area contributed by atoms with Crippen molar-refractivity contribution in [2.45, 2.75) is 43.0 Å². The number of amides is 1. The molecular weight excluding hydrogens is 277 g/mol. The van der Waals surface area contributed by atoms with Gasteiger partial charge in [-0.1, -0.05) is 19.3 Å². The van der Waals surface area contributed by atoms with Crippen LogP contribution >= 0.6 is 11.8 Å². The zero-order valence-electron chi connectivity index (χ0n) is 11.1. The highest BCUT2D eigenvalue weighted by atomic mass is 32.2. The maximum atomic E-state index is 11.9. The molecule has 1 aliphatic rings. The summed E-state index contributed by atoms with van der Waals surface area (Å²) in [7, 11) is 0. The summed E-state index contributed by atoms with van der Waals surface area (Å²) >= 11 is 1.75. The van der Waals surface area contributed by atoms with Gasteiger partial charge < -0.3 is 10.6 Å². The molecule has 0 aliphatic heterocycles. The second-order valence-electron chi connectivity index (χ2n) is 4.94. The summed E-state index contributed by atoms with van der Waals surface area (Å²) in [5, 5.41) is 4.84. The first-order chi connectivity index (χ1) is 8.87. The molecule has 0 aromatic carbocycles. The van der Waals surface area contributed by atoms with Crippen molar-refractivity contribution in [3.05, 3.63) is 0 Å². The van der Waals surface area contributed by atoms with Crippen molar-refractivity contribution in [2.75, 3.05) is 25.9 Å². The van der Waals surface area contributed by atoms with Crippen LogP contribution in [0.25, 0.3) is 0 Å². The molecule has 19 heavy (non-hydrogen) atoms. The molecule has 1 rings (SSSR count). The Hall–Kier alpha value is -0.430. The van der Waals surface area contributed by atoms with Gasteiger partial charge in [-0.2, -0.15) is 24.9 Å². The number of alkyl halides is 3. The predicted molar refractivity (Wildman–Crippen MR) is 71.3 cm³/mol. The second-order valence-corrected chi connectivity index (χ2v) is 6.22. The third-order valence-corrected chi connectivity index (χ3v) is 4.84. The lowest BCUT2D eigenvalue weighted by atomic mass is 9.88. The van der Waals surface area contributed by atoms with E-state index in [2.05, 4.69) is 10.6 Å². The largest absolute Gasteiger partial charge is 0.401 e. The third kappa shape index (κ3) is 6.51. The zero-order valence-corrected chi connectivity index (χ0v) is 11.9. The van der Waals surface area contributed by atoms with Gasteiger partial charge in [0.1, 0.15) is 0 Å². The van der Waals surface area contributed by atoms with E-state index in [1.807, 2.05) is 6.26 Å². The SMILES string of the molecule is CSC1(CNC(=O)CNCC(F)(F)F)CCCCC1. The Labute approximate surface area is 116 Å². The van der Waals surface area contributed by atoms with E-state index in [9.17, 15) is 18.0 Å². The highest BCUT2D eigenvalue weighted by Gasteiger charge is 2.31. The van der Waals surface area contributed by atoms with Crippen molar-refractivity contribution in [2.24, 2.45) is 0 Å². The molecule has 0 aromatic heterocycles. The summed E-state index contributed by atoms with van der Waals surface area (Å²) in [4.78, 5) is 11.5. The van der Waals surface area contributed by atoms with Crippen LogP contribution in [0.5, 0.6) is 0 Å². The molecule has 0 spiro atoms. The summed E-state index contributed by atoms with van der Waals surface area (Å²) in [6.45, 7) is -0.876. The molecular formula is C12H21F3N2OS. The standard InChI is InChI=1S/C12H21F3N2OS/c1-19-11(5-3-2-4-6-11)8-17-10(18)7-16-9-12(13,14)15/h16H,2-9H2,1H3,(H,17,18). The van der Waals surface area contributed by atoms with Gasteiger partial charge in [-0.3, -0.25) is 4.79 Å². The van der Waals surface area contributed by atoms with E-state index >= 15 is 0 Å². The number of thioether (sulfide) groups is 1. The highest BCUT2D eigenvalue weighted by molar-refractivity contribution is 8.00. The van der Waals surface area contributed by atoms with Crippen LogP contribution in [0, 0.1) is 0 Å². The van der Waals surface area contributed by atoms with Gasteiger partial charge in [0.2, 0.25) is 5.91 Å². The number of hydrogen-bond acceptors (Lipinski definition) is 3. The fraction of sp³-hybridized carbons (Fsp3) is 0.917. The fourth-order valence-corrected chi connectivity index (χ4v) is 3.20. The number of carbonyl (C=O) groups excluding carboxylic acids is 1. The summed E-state index contributed by atoms with van der Waals surface area (Å²) in [5.74, 6) is -0.372. The van der Waals surface area contributed by atoms with Crippen LogP contribution in [0.4, 0.5) is 13.2 Å². The van der Waals surface area contributed by atoms with Gasteiger partial charge >= 0.3 is 6.18 Å². The Morgan fingerprint density at radius 3 is 2.42 bits per heavy atom. The Morgan fingerprint density at radius 1 is 1.26 bits per heavy atom. The zero-order chi connectivity index (χ0) is 14.4. The summed E-state index contributed by atoms with van der Waals surface area (Å²) in [6, 6.07) is 0. The lowest BCUT2D eigenvalue weighted by Gasteiger charge is -2.35. The number of rotatable bonds is 6. The number of nitrogens with one attached hydrogen (secondary N) is 2. The van der Waals surface area contributed by atoms with Crippen molar-refractivity contribution >= 4 is 17.7 Å². The number of carbonyl (C=O) groups is 1. The van der Waals surface area contributed by atoms with Crippen molar-refractivity contribution in [1.29, 1.82) is 0 Å². The van der Waals surface area contributed by atoms with Gasteiger partial charge in [0.05, 0.1) is 13.1 Å². The average molecular weight is 298 g/mol. The maximum absolute atomic E-state index is 11.9. The van der Waals surface area contributed by atoms with E-state index < -0.39 is 12.7 Å². The average Bonchev–Trinajstić information content (AvgIpc) is 2.36. The van der Waals surface area contributed by atoms with Gasteiger partial charge in [0.15, 0.2) is 0 Å². The van der Waals surface area contributed by atoms with Crippen LogP contribution in [0.3, 0.4) is 0 Å². The van der Waals surface area contributed by atoms with Crippen LogP contribution in [-0.4, -0.2) is 42.7 Å². The van der Waals surface area contributed by atoms with Crippen molar-refractivity contribution in [3.63, 3.8) is 0 Å². The molecule has 1 amide bonds. The van der Waals surface area contributed by atoms with E-state index in [0.29, 0.717) is 6.54 Å². The summed E-state index contributed by atoms with van der Waals surface area (Å²) < 4.78 is 35.8. The van der Waals surface area contributed by atoms with Gasteiger partial charge in [-0.15, -0.1) is 0 Å². The Bertz CT molecular complexity index is 291. The first-order valence-electron chi connectivity index (χ1n) is 6.46. The topological polar surface area (TPSA) is 41.1 Å². The first kappa shape index (κ1) is 16.6. The molecule has 1 aliphatic carbocycles. The third-order valence-electron chi connectivity index (χ3n) is 3.42. The smallest absolute Gasteiger partial charge is 0.354 e. The van der Waals surface area contributed by atoms with Gasteiger partial charge in [-0.25, -0.2) is 0 Å². The van der Waals surface area contributed by atoms with Crippen LogP contribution in [0.1, 0.15) is 32.1 Å². The molecule has 0 radical (unpaired) electrons. The molecule has 0 bridgehead atoms. The maximum Gasteiger partial charge on any atom is 0.401 e. The first-order valence-corrected chi connectivity index (χ1v) is 7.69. The lowest BCUT2D eigenvalue weighted by molar-refractivity contribution is -0.128. The molecule has 3 nitrogen and oxygen atoms in total. The van der Waals surface area contributed by atoms with Crippen LogP contribution < -0.4 is 10.6 Å². The van der Waals surface area contributed by atoms with Gasteiger partial charge in [0.25, 0.3) is 0 Å². The van der Waals surface area contributed by atoms with Gasteiger partial charge in [-0.05, 0) is 19.1 Å². The predicted octanol–water partition coefficient (Wildman–Crippen LogP) is 2.32. The highest BCUT2D eigenvalue weighted by Crippen LogP contribution is 2.37. The molecule has 0 aromatic rings. The summed E-state index contributed by atoms with van der Waals surface area (Å²) in [6.07, 6.45) is 3.41. The monoisotopic (exact) mass is 298 g/mol. The Balaban J connectivity index is 2.25. The molecule has 0 unspecified atom stereocenters. The Kier molecular flexibility index (Phi) is 6.46. The van der Waals surface area contributed by atoms with Crippen molar-refractivity contribution < 1.29 is 18.0 Å². The molecule has 1 saturated carbocycles. The molecule has 7 heteroatoms. The molecule has 1 fully saturated rings.